The zero-order chi connectivity index (χ0) is 13.5. The molecule has 0 N–H and O–H groups in total. The summed E-state index contributed by atoms with van der Waals surface area (Å²) >= 11 is 0. The van der Waals surface area contributed by atoms with Crippen molar-refractivity contribution < 1.29 is 9.53 Å². The van der Waals surface area contributed by atoms with Crippen LogP contribution in [0, 0.1) is 0 Å². The molecule has 0 aliphatic heterocycles. The summed E-state index contributed by atoms with van der Waals surface area (Å²) in [5.74, 6) is 0.265. The van der Waals surface area contributed by atoms with E-state index in [1.165, 1.54) is 11.1 Å². The first kappa shape index (κ1) is 14.5. The Balaban J connectivity index is 2.31. The molecule has 1 aromatic rings. The van der Waals surface area contributed by atoms with Gasteiger partial charge in [0.25, 0.3) is 0 Å². The van der Waals surface area contributed by atoms with Crippen molar-refractivity contribution in [3.63, 3.8) is 0 Å². The number of ether oxygens (including phenoxy) is 1. The molecule has 0 heterocycles. The quantitative estimate of drug-likeness (QED) is 0.433. The Bertz CT molecular complexity index is 402. The van der Waals surface area contributed by atoms with E-state index in [1.54, 1.807) is 6.92 Å². The van der Waals surface area contributed by atoms with Crippen LogP contribution in [0.15, 0.2) is 36.4 Å². The highest BCUT2D eigenvalue weighted by Crippen LogP contribution is 2.15. The first-order valence-electron chi connectivity index (χ1n) is 6.42. The van der Waals surface area contributed by atoms with Gasteiger partial charge in [0, 0.05) is 5.57 Å². The molecule has 0 radical (unpaired) electrons. The molecule has 1 rings (SSSR count). The molecule has 0 aliphatic rings. The number of carbonyl (C=O) groups excluding carboxylic acids is 1. The number of rotatable bonds is 6. The molecule has 18 heavy (non-hydrogen) atoms. The van der Waals surface area contributed by atoms with Crippen LogP contribution in [0.25, 0.3) is 0 Å². The van der Waals surface area contributed by atoms with Crippen LogP contribution < -0.4 is 0 Å². The van der Waals surface area contributed by atoms with Crippen LogP contribution in [0.3, 0.4) is 0 Å². The monoisotopic (exact) mass is 246 g/mol. The molecule has 98 valence electrons. The Morgan fingerprint density at radius 2 is 1.89 bits per heavy atom. The molecule has 0 bridgehead atoms. The van der Waals surface area contributed by atoms with Gasteiger partial charge in [0.05, 0.1) is 6.61 Å². The lowest BCUT2D eigenvalue weighted by Gasteiger charge is -2.07. The SMILES string of the molecule is C=C(C)C(=O)OCCCc1ccc(C(C)C)cc1. The normalized spacial score (nSPS) is 10.4. The fourth-order valence-electron chi connectivity index (χ4n) is 1.63. The second kappa shape index (κ2) is 7.00. The smallest absolute Gasteiger partial charge is 0.333 e. The van der Waals surface area contributed by atoms with Crippen molar-refractivity contribution >= 4 is 5.97 Å². The summed E-state index contributed by atoms with van der Waals surface area (Å²) in [4.78, 5) is 11.2. The second-order valence-corrected chi connectivity index (χ2v) is 4.92. The Labute approximate surface area is 110 Å². The van der Waals surface area contributed by atoms with Crippen LogP contribution >= 0.6 is 0 Å². The maximum Gasteiger partial charge on any atom is 0.333 e. The summed E-state index contributed by atoms with van der Waals surface area (Å²) < 4.78 is 5.05. The highest BCUT2D eigenvalue weighted by molar-refractivity contribution is 5.86. The first-order chi connectivity index (χ1) is 8.50. The molecule has 0 amide bonds. The zero-order valence-corrected chi connectivity index (χ0v) is 11.5. The molecule has 0 aliphatic carbocycles. The molecule has 0 spiro atoms. The molecule has 0 saturated carbocycles. The molecule has 0 atom stereocenters. The summed E-state index contributed by atoms with van der Waals surface area (Å²) in [6.45, 7) is 10.0. The van der Waals surface area contributed by atoms with Crippen molar-refractivity contribution in [1.29, 1.82) is 0 Å². The van der Waals surface area contributed by atoms with Gasteiger partial charge >= 0.3 is 5.97 Å². The Morgan fingerprint density at radius 1 is 1.28 bits per heavy atom. The van der Waals surface area contributed by atoms with Gasteiger partial charge in [-0.15, -0.1) is 0 Å². The molecule has 2 heteroatoms. The van der Waals surface area contributed by atoms with Crippen molar-refractivity contribution in [2.24, 2.45) is 0 Å². The maximum absolute atomic E-state index is 11.2. The summed E-state index contributed by atoms with van der Waals surface area (Å²) in [5.41, 5.74) is 3.09. The molecule has 1 aromatic carbocycles. The third-order valence-electron chi connectivity index (χ3n) is 2.84. The highest BCUT2D eigenvalue weighted by atomic mass is 16.5. The van der Waals surface area contributed by atoms with Gasteiger partial charge in [-0.25, -0.2) is 4.79 Å². The molecule has 0 fully saturated rings. The average Bonchev–Trinajstić information content (AvgIpc) is 2.34. The lowest BCUT2D eigenvalue weighted by molar-refractivity contribution is -0.139. The van der Waals surface area contributed by atoms with Crippen LogP contribution in [-0.2, 0) is 16.0 Å². The number of hydrogen-bond acceptors (Lipinski definition) is 2. The standard InChI is InChI=1S/C16H22O2/c1-12(2)15-9-7-14(8-10-15)6-5-11-18-16(17)13(3)4/h7-10,12H,3,5-6,11H2,1-2,4H3. The lowest BCUT2D eigenvalue weighted by atomic mass is 10.0. The van der Waals surface area contributed by atoms with Crippen LogP contribution in [-0.4, -0.2) is 12.6 Å². The summed E-state index contributed by atoms with van der Waals surface area (Å²) in [6, 6.07) is 8.63. The van der Waals surface area contributed by atoms with E-state index in [9.17, 15) is 4.79 Å². The van der Waals surface area contributed by atoms with Gasteiger partial charge in [-0.05, 0) is 36.8 Å². The number of esters is 1. The summed E-state index contributed by atoms with van der Waals surface area (Å²) in [6.07, 6.45) is 1.78. The van der Waals surface area contributed by atoms with E-state index in [0.29, 0.717) is 18.1 Å². The molecular weight excluding hydrogens is 224 g/mol. The van der Waals surface area contributed by atoms with Gasteiger partial charge in [-0.3, -0.25) is 0 Å². The van der Waals surface area contributed by atoms with E-state index in [2.05, 4.69) is 44.7 Å². The Morgan fingerprint density at radius 3 is 2.39 bits per heavy atom. The third-order valence-corrected chi connectivity index (χ3v) is 2.84. The number of benzene rings is 1. The minimum Gasteiger partial charge on any atom is -0.462 e. The second-order valence-electron chi connectivity index (χ2n) is 4.92. The van der Waals surface area contributed by atoms with Gasteiger partial charge in [0.15, 0.2) is 0 Å². The minimum atomic E-state index is -0.301. The molecule has 0 unspecified atom stereocenters. The largest absolute Gasteiger partial charge is 0.462 e. The lowest BCUT2D eigenvalue weighted by Crippen LogP contribution is -2.06. The van der Waals surface area contributed by atoms with E-state index >= 15 is 0 Å². The fraction of sp³-hybridized carbons (Fsp3) is 0.438. The zero-order valence-electron chi connectivity index (χ0n) is 11.5. The molecule has 0 saturated heterocycles. The molecular formula is C16H22O2. The topological polar surface area (TPSA) is 26.3 Å². The van der Waals surface area contributed by atoms with E-state index < -0.39 is 0 Å². The van der Waals surface area contributed by atoms with Crippen molar-refractivity contribution in [2.45, 2.75) is 39.5 Å². The van der Waals surface area contributed by atoms with Crippen LogP contribution in [0.1, 0.15) is 44.2 Å². The summed E-state index contributed by atoms with van der Waals surface area (Å²) in [7, 11) is 0. The third kappa shape index (κ3) is 4.74. The number of carbonyl (C=O) groups is 1. The summed E-state index contributed by atoms with van der Waals surface area (Å²) in [5, 5.41) is 0. The fourth-order valence-corrected chi connectivity index (χ4v) is 1.63. The van der Waals surface area contributed by atoms with Gasteiger partial charge < -0.3 is 4.74 Å². The maximum atomic E-state index is 11.2. The van der Waals surface area contributed by atoms with Gasteiger partial charge in [-0.1, -0.05) is 44.7 Å². The van der Waals surface area contributed by atoms with Gasteiger partial charge in [-0.2, -0.15) is 0 Å². The van der Waals surface area contributed by atoms with Crippen molar-refractivity contribution in [3.8, 4) is 0 Å². The van der Waals surface area contributed by atoms with Gasteiger partial charge in [0.1, 0.15) is 0 Å². The van der Waals surface area contributed by atoms with Crippen molar-refractivity contribution in [3.05, 3.63) is 47.5 Å². The molecule has 2 nitrogen and oxygen atoms in total. The Hall–Kier alpha value is -1.57. The predicted octanol–water partition coefficient (Wildman–Crippen LogP) is 3.86. The highest BCUT2D eigenvalue weighted by Gasteiger charge is 2.03. The predicted molar refractivity (Wildman–Crippen MR) is 74.6 cm³/mol. The Kier molecular flexibility index (Phi) is 5.63. The van der Waals surface area contributed by atoms with Crippen LogP contribution in [0.2, 0.25) is 0 Å². The van der Waals surface area contributed by atoms with Crippen LogP contribution in [0.4, 0.5) is 0 Å². The number of aryl methyl sites for hydroxylation is 1. The van der Waals surface area contributed by atoms with E-state index in [1.807, 2.05) is 0 Å². The number of hydrogen-bond donors (Lipinski definition) is 0. The van der Waals surface area contributed by atoms with Gasteiger partial charge in [0.2, 0.25) is 0 Å². The van der Waals surface area contributed by atoms with Crippen molar-refractivity contribution in [1.82, 2.24) is 0 Å². The van der Waals surface area contributed by atoms with Crippen LogP contribution in [0.5, 0.6) is 0 Å². The molecule has 0 aromatic heterocycles. The van der Waals surface area contributed by atoms with Crippen molar-refractivity contribution in [2.75, 3.05) is 6.61 Å². The first-order valence-corrected chi connectivity index (χ1v) is 6.42. The average molecular weight is 246 g/mol. The minimum absolute atomic E-state index is 0.301. The van der Waals surface area contributed by atoms with E-state index in [-0.39, 0.29) is 5.97 Å². The van der Waals surface area contributed by atoms with E-state index in [4.69, 9.17) is 4.74 Å². The van der Waals surface area contributed by atoms with E-state index in [0.717, 1.165) is 12.8 Å².